The maximum Gasteiger partial charge on any atom is 0.453 e. The average molecular weight is 474 g/mol. The molecule has 0 radical (unpaired) electrons. The van der Waals surface area contributed by atoms with Gasteiger partial charge in [0.25, 0.3) is 0 Å². The Balaban J connectivity index is 0.00000306. The number of aliphatic hydroxyl groups is 1. The van der Waals surface area contributed by atoms with Crippen LogP contribution in [0, 0.1) is 0 Å². The van der Waals surface area contributed by atoms with Crippen molar-refractivity contribution in [3.8, 4) is 11.5 Å². The third-order valence-electron chi connectivity index (χ3n) is 5.44. The second-order valence-electron chi connectivity index (χ2n) is 7.85. The maximum absolute atomic E-state index is 11.4. The lowest BCUT2D eigenvalue weighted by atomic mass is 10.0. The van der Waals surface area contributed by atoms with Crippen molar-refractivity contribution < 1.29 is 34.4 Å². The van der Waals surface area contributed by atoms with Gasteiger partial charge in [-0.3, -0.25) is 0 Å². The lowest BCUT2D eigenvalue weighted by Crippen LogP contribution is -2.54. The number of benzene rings is 3. The monoisotopic (exact) mass is 473 g/mol. The van der Waals surface area contributed by atoms with E-state index in [1.54, 1.807) is 12.1 Å². The van der Waals surface area contributed by atoms with Crippen LogP contribution in [0.4, 0.5) is 0 Å². The zero-order valence-electron chi connectivity index (χ0n) is 17.7. The molecule has 0 saturated heterocycles. The molecule has 1 heterocycles. The quantitative estimate of drug-likeness (QED) is 0.368. The summed E-state index contributed by atoms with van der Waals surface area (Å²) in [6.07, 6.45) is -0.126. The topological polar surface area (TPSA) is 125 Å². The van der Waals surface area contributed by atoms with Crippen molar-refractivity contribution in [2.24, 2.45) is 0 Å². The molecule has 33 heavy (non-hydrogen) atoms. The Kier molecular flexibility index (Phi) is 7.12. The van der Waals surface area contributed by atoms with Gasteiger partial charge in [0.1, 0.15) is 0 Å². The van der Waals surface area contributed by atoms with Crippen LogP contribution in [-0.4, -0.2) is 45.6 Å². The summed E-state index contributed by atoms with van der Waals surface area (Å²) < 4.78 is 10.2. The van der Waals surface area contributed by atoms with Crippen LogP contribution in [0.2, 0.25) is 0 Å². The minimum absolute atomic E-state index is 0. The van der Waals surface area contributed by atoms with Crippen molar-refractivity contribution in [3.63, 3.8) is 0 Å². The summed E-state index contributed by atoms with van der Waals surface area (Å²) in [5.74, 6) is -6.11. The van der Waals surface area contributed by atoms with Gasteiger partial charge >= 0.3 is 17.7 Å². The van der Waals surface area contributed by atoms with Crippen molar-refractivity contribution in [3.05, 3.63) is 71.8 Å². The lowest BCUT2D eigenvalue weighted by molar-refractivity contribution is -0.194. The molecule has 2 unspecified atom stereocenters. The molecule has 0 saturated carbocycles. The summed E-state index contributed by atoms with van der Waals surface area (Å²) in [4.78, 5) is 22.7. The predicted molar refractivity (Wildman–Crippen MR) is 123 cm³/mol. The molecule has 1 aliphatic rings. The lowest BCUT2D eigenvalue weighted by Gasteiger charge is -2.18. The first-order valence-electron chi connectivity index (χ1n) is 10.2. The van der Waals surface area contributed by atoms with Gasteiger partial charge in [-0.1, -0.05) is 42.5 Å². The van der Waals surface area contributed by atoms with Crippen LogP contribution < -0.4 is 14.8 Å². The van der Waals surface area contributed by atoms with Crippen LogP contribution in [0.25, 0.3) is 10.8 Å². The number of carbonyl (C=O) groups is 2. The molecule has 0 aliphatic carbocycles. The van der Waals surface area contributed by atoms with Gasteiger partial charge in [-0.25, -0.2) is 9.59 Å². The molecule has 4 rings (SSSR count). The minimum atomic E-state index is -2.77. The standard InChI is InChI=1S/C24H23NO7.ClH/c1-14(25-13-19(26)18-8-7-16-4-2-3-5-17(16)12-18)10-15-6-9-20-21(11-15)32-24(31-20,22(27)28)23(29)30;/h2-9,11-12,14,19,25-26H,10,13H2,1H3,(H,27,28)(H,29,30);1H. The van der Waals surface area contributed by atoms with Crippen molar-refractivity contribution >= 4 is 35.1 Å². The van der Waals surface area contributed by atoms with Gasteiger partial charge in [0, 0.05) is 12.6 Å². The molecule has 2 atom stereocenters. The van der Waals surface area contributed by atoms with Crippen molar-refractivity contribution in [2.75, 3.05) is 6.54 Å². The van der Waals surface area contributed by atoms with E-state index in [4.69, 9.17) is 9.47 Å². The van der Waals surface area contributed by atoms with E-state index >= 15 is 0 Å². The van der Waals surface area contributed by atoms with Gasteiger partial charge < -0.3 is 30.1 Å². The molecule has 8 nitrogen and oxygen atoms in total. The normalized spacial score (nSPS) is 15.5. The zero-order valence-corrected chi connectivity index (χ0v) is 18.5. The van der Waals surface area contributed by atoms with Crippen molar-refractivity contribution in [1.29, 1.82) is 0 Å². The van der Waals surface area contributed by atoms with E-state index in [1.807, 2.05) is 49.4 Å². The third-order valence-corrected chi connectivity index (χ3v) is 5.44. The Morgan fingerprint density at radius 2 is 1.61 bits per heavy atom. The molecule has 3 aromatic rings. The fourth-order valence-electron chi connectivity index (χ4n) is 3.71. The highest BCUT2D eigenvalue weighted by molar-refractivity contribution is 6.01. The van der Waals surface area contributed by atoms with E-state index in [0.29, 0.717) is 13.0 Å². The van der Waals surface area contributed by atoms with Crippen LogP contribution in [0.1, 0.15) is 24.2 Å². The molecule has 0 aromatic heterocycles. The van der Waals surface area contributed by atoms with E-state index < -0.39 is 23.8 Å². The Hall–Kier alpha value is -3.33. The smallest absolute Gasteiger partial charge is 0.453 e. The summed E-state index contributed by atoms with van der Waals surface area (Å²) in [5.41, 5.74) is 1.63. The number of nitrogens with one attached hydrogen (secondary N) is 1. The number of aliphatic carboxylic acids is 2. The van der Waals surface area contributed by atoms with Gasteiger partial charge in [0.05, 0.1) is 6.10 Å². The van der Waals surface area contributed by atoms with Crippen molar-refractivity contribution in [2.45, 2.75) is 31.3 Å². The number of carboxylic acids is 2. The Morgan fingerprint density at radius 3 is 2.30 bits per heavy atom. The SMILES string of the molecule is CC(Cc1ccc2c(c1)OC(C(=O)O)(C(=O)O)O2)NCC(O)c1ccc2ccccc2c1.Cl. The number of aliphatic hydroxyl groups excluding tert-OH is 1. The highest BCUT2D eigenvalue weighted by Crippen LogP contribution is 2.40. The van der Waals surface area contributed by atoms with Gasteiger partial charge in [0.15, 0.2) is 11.5 Å². The van der Waals surface area contributed by atoms with Gasteiger partial charge in [-0.05, 0) is 53.4 Å². The van der Waals surface area contributed by atoms with Crippen LogP contribution in [0.15, 0.2) is 60.7 Å². The zero-order chi connectivity index (χ0) is 22.9. The number of ether oxygens (including phenoxy) is 2. The number of fused-ring (bicyclic) bond motifs is 2. The van der Waals surface area contributed by atoms with Gasteiger partial charge in [0.2, 0.25) is 0 Å². The summed E-state index contributed by atoms with van der Waals surface area (Å²) in [5, 5.41) is 34.5. The highest BCUT2D eigenvalue weighted by Gasteiger charge is 2.57. The van der Waals surface area contributed by atoms with E-state index in [1.165, 1.54) is 6.07 Å². The molecule has 0 amide bonds. The number of carboxylic acid groups (broad SMARTS) is 2. The number of rotatable bonds is 8. The first kappa shape index (κ1) is 24.3. The Labute approximate surface area is 196 Å². The van der Waals surface area contributed by atoms with E-state index in [2.05, 4.69) is 5.32 Å². The van der Waals surface area contributed by atoms with Crippen molar-refractivity contribution in [1.82, 2.24) is 5.32 Å². The number of halogens is 1. The van der Waals surface area contributed by atoms with E-state index in [9.17, 15) is 24.9 Å². The molecule has 0 bridgehead atoms. The summed E-state index contributed by atoms with van der Waals surface area (Å²) in [6.45, 7) is 2.31. The van der Waals surface area contributed by atoms with Crippen LogP contribution in [0.3, 0.4) is 0 Å². The molecule has 4 N–H and O–H groups in total. The second kappa shape index (κ2) is 9.66. The first-order valence-corrected chi connectivity index (χ1v) is 10.2. The molecule has 174 valence electrons. The first-order chi connectivity index (χ1) is 15.3. The number of hydrogen-bond acceptors (Lipinski definition) is 6. The largest absolute Gasteiger partial charge is 0.475 e. The summed E-state index contributed by atoms with van der Waals surface area (Å²) in [6, 6.07) is 18.6. The second-order valence-corrected chi connectivity index (χ2v) is 7.85. The molecule has 0 spiro atoms. The molecular formula is C24H24ClNO7. The molecule has 9 heteroatoms. The van der Waals surface area contributed by atoms with E-state index in [0.717, 1.165) is 21.9 Å². The summed E-state index contributed by atoms with van der Waals surface area (Å²) in [7, 11) is 0. The van der Waals surface area contributed by atoms with Gasteiger partial charge in [-0.2, -0.15) is 0 Å². The maximum atomic E-state index is 11.4. The number of hydrogen-bond donors (Lipinski definition) is 4. The van der Waals surface area contributed by atoms with Crippen LogP contribution >= 0.6 is 12.4 Å². The molecular weight excluding hydrogens is 450 g/mol. The highest BCUT2D eigenvalue weighted by atomic mass is 35.5. The summed E-state index contributed by atoms with van der Waals surface area (Å²) >= 11 is 0. The average Bonchev–Trinajstić information content (AvgIpc) is 3.18. The predicted octanol–water partition coefficient (Wildman–Crippen LogP) is 3.15. The molecule has 0 fully saturated rings. The van der Waals surface area contributed by atoms with Crippen LogP contribution in [-0.2, 0) is 16.0 Å². The fraction of sp³-hybridized carbons (Fsp3) is 0.250. The van der Waals surface area contributed by atoms with E-state index in [-0.39, 0.29) is 29.9 Å². The Morgan fingerprint density at radius 1 is 0.939 bits per heavy atom. The van der Waals surface area contributed by atoms with Crippen LogP contribution in [0.5, 0.6) is 11.5 Å². The van der Waals surface area contributed by atoms with Gasteiger partial charge in [-0.15, -0.1) is 12.4 Å². The third kappa shape index (κ3) is 4.88. The fourth-order valence-corrected chi connectivity index (χ4v) is 3.71. The molecule has 1 aliphatic heterocycles. The minimum Gasteiger partial charge on any atom is -0.475 e. The Bertz CT molecular complexity index is 1170. The molecule has 3 aromatic carbocycles.